The van der Waals surface area contributed by atoms with Crippen molar-refractivity contribution in [3.05, 3.63) is 144 Å². The third-order valence-electron chi connectivity index (χ3n) is 6.42. The van der Waals surface area contributed by atoms with Gasteiger partial charge in [-0.2, -0.15) is 0 Å². The Bertz CT molecular complexity index is 1220. The van der Waals surface area contributed by atoms with E-state index in [1.807, 2.05) is 121 Å². The summed E-state index contributed by atoms with van der Waals surface area (Å²) in [7, 11) is 0. The normalized spacial score (nSPS) is 14.2. The maximum atomic E-state index is 12.4. The average molecular weight is 541 g/mol. The molecule has 0 amide bonds. The monoisotopic (exact) mass is 540 g/mol. The summed E-state index contributed by atoms with van der Waals surface area (Å²) in [5.41, 5.74) is 3.77. The second-order valence-electron chi connectivity index (χ2n) is 9.49. The number of hydrogen-bond donors (Lipinski definition) is 1. The summed E-state index contributed by atoms with van der Waals surface area (Å²) in [4.78, 5) is 12.4. The fourth-order valence-corrected chi connectivity index (χ4v) is 4.28. The van der Waals surface area contributed by atoms with Gasteiger partial charge < -0.3 is 28.8 Å². The lowest BCUT2D eigenvalue weighted by Gasteiger charge is -2.34. The van der Waals surface area contributed by atoms with Gasteiger partial charge in [0.15, 0.2) is 6.29 Å². The van der Waals surface area contributed by atoms with Crippen LogP contribution in [0.1, 0.15) is 22.3 Å². The third kappa shape index (κ3) is 9.52. The number of hydrogen-bond acceptors (Lipinski definition) is 6. The zero-order valence-electron chi connectivity index (χ0n) is 22.5. The fourth-order valence-electron chi connectivity index (χ4n) is 4.28. The Labute approximate surface area is 236 Å². The van der Waals surface area contributed by atoms with Crippen molar-refractivity contribution in [2.45, 2.75) is 50.8 Å². The van der Waals surface area contributed by atoms with Crippen LogP contribution in [0.15, 0.2) is 121 Å². The zero-order valence-corrected chi connectivity index (χ0v) is 22.5. The van der Waals surface area contributed by atoms with Crippen LogP contribution in [0.5, 0.6) is 0 Å². The van der Waals surface area contributed by atoms with E-state index >= 15 is 0 Å². The molecule has 6 nitrogen and oxygen atoms in total. The first-order valence-corrected chi connectivity index (χ1v) is 13.4. The highest BCUT2D eigenvalue weighted by atomic mass is 16.6. The van der Waals surface area contributed by atoms with Gasteiger partial charge in [-0.25, -0.2) is 0 Å². The minimum absolute atomic E-state index is 0.0101. The number of aliphatic hydroxyl groups excluding tert-OH is 1. The van der Waals surface area contributed by atoms with Crippen LogP contribution >= 0.6 is 0 Å². The highest BCUT2D eigenvalue weighted by Gasteiger charge is 2.37. The molecule has 4 atom stereocenters. The molecule has 0 fully saturated rings. The van der Waals surface area contributed by atoms with Crippen LogP contribution < -0.4 is 0 Å². The molecule has 0 spiro atoms. The van der Waals surface area contributed by atoms with E-state index in [4.69, 9.17) is 18.9 Å². The van der Waals surface area contributed by atoms with Gasteiger partial charge in [0.05, 0.1) is 33.0 Å². The summed E-state index contributed by atoms with van der Waals surface area (Å²) < 4.78 is 24.5. The molecule has 1 unspecified atom stereocenters. The molecule has 4 rings (SSSR count). The van der Waals surface area contributed by atoms with Gasteiger partial charge in [0.2, 0.25) is 0 Å². The molecular formula is C34H36O6. The van der Waals surface area contributed by atoms with Crippen molar-refractivity contribution in [1.29, 1.82) is 0 Å². The standard InChI is InChI=1S/C34H36O6/c35-21-32(38-23-28-15-7-2-8-16-28)34(40-25-30-19-11-4-12-20-30)33(39-24-29-17-9-3-10-18-29)31(36)26-37-22-27-13-5-1-6-14-27/h1-21,31-34,36H,22-26H2/t31-,32-,33-,34?/m1/s1. The van der Waals surface area contributed by atoms with Crippen LogP contribution in [0.25, 0.3) is 0 Å². The van der Waals surface area contributed by atoms with Crippen LogP contribution in [0.4, 0.5) is 0 Å². The number of aliphatic hydroxyl groups is 1. The highest BCUT2D eigenvalue weighted by molar-refractivity contribution is 5.57. The minimum Gasteiger partial charge on any atom is -0.388 e. The molecule has 0 radical (unpaired) electrons. The first-order chi connectivity index (χ1) is 19.7. The van der Waals surface area contributed by atoms with E-state index < -0.39 is 24.4 Å². The van der Waals surface area contributed by atoms with Gasteiger partial charge in [0.25, 0.3) is 0 Å². The number of benzene rings is 4. The molecule has 1 N–H and O–H groups in total. The first kappa shape index (κ1) is 29.3. The number of aldehydes is 1. The van der Waals surface area contributed by atoms with Crippen molar-refractivity contribution in [1.82, 2.24) is 0 Å². The van der Waals surface area contributed by atoms with Gasteiger partial charge in [-0.05, 0) is 22.3 Å². The summed E-state index contributed by atoms with van der Waals surface area (Å²) in [5, 5.41) is 11.4. The molecule has 0 aliphatic rings. The maximum absolute atomic E-state index is 12.4. The number of carbonyl (C=O) groups excluding carboxylic acids is 1. The molecule has 0 saturated carbocycles. The van der Waals surface area contributed by atoms with Crippen LogP contribution in [0.2, 0.25) is 0 Å². The number of carbonyl (C=O) groups is 1. The number of rotatable bonds is 17. The van der Waals surface area contributed by atoms with Crippen molar-refractivity contribution in [3.8, 4) is 0 Å². The highest BCUT2D eigenvalue weighted by Crippen LogP contribution is 2.21. The zero-order chi connectivity index (χ0) is 27.8. The average Bonchev–Trinajstić information content (AvgIpc) is 3.01. The smallest absolute Gasteiger partial charge is 0.151 e. The summed E-state index contributed by atoms with van der Waals surface area (Å²) in [5.74, 6) is 0. The Kier molecular flexibility index (Phi) is 12.1. The van der Waals surface area contributed by atoms with Gasteiger partial charge in [-0.15, -0.1) is 0 Å². The van der Waals surface area contributed by atoms with E-state index in [1.165, 1.54) is 0 Å². The topological polar surface area (TPSA) is 74.2 Å². The Hall–Kier alpha value is -3.65. The van der Waals surface area contributed by atoms with E-state index in [0.29, 0.717) is 6.61 Å². The second-order valence-corrected chi connectivity index (χ2v) is 9.49. The molecular weight excluding hydrogens is 504 g/mol. The fraction of sp³-hybridized carbons (Fsp3) is 0.265. The SMILES string of the molecule is O=C[C@@H](OCc1ccccc1)C(OCc1ccccc1)[C@H](OCc1ccccc1)[C@H](O)COCc1ccccc1. The van der Waals surface area contributed by atoms with Gasteiger partial charge in [-0.3, -0.25) is 0 Å². The van der Waals surface area contributed by atoms with Crippen LogP contribution in [-0.2, 0) is 50.2 Å². The second kappa shape index (κ2) is 16.5. The van der Waals surface area contributed by atoms with Gasteiger partial charge >= 0.3 is 0 Å². The van der Waals surface area contributed by atoms with Crippen molar-refractivity contribution < 1.29 is 28.8 Å². The predicted molar refractivity (Wildman–Crippen MR) is 153 cm³/mol. The molecule has 0 heterocycles. The lowest BCUT2D eigenvalue weighted by Crippen LogP contribution is -2.50. The molecule has 0 saturated heterocycles. The van der Waals surface area contributed by atoms with Gasteiger partial charge in [-0.1, -0.05) is 121 Å². The predicted octanol–water partition coefficient (Wildman–Crippen LogP) is 5.52. The molecule has 0 aliphatic carbocycles. The third-order valence-corrected chi connectivity index (χ3v) is 6.42. The Morgan fingerprint density at radius 3 is 1.32 bits per heavy atom. The van der Waals surface area contributed by atoms with Crippen LogP contribution in [0.3, 0.4) is 0 Å². The summed E-state index contributed by atoms with van der Waals surface area (Å²) in [6.07, 6.45) is -3.18. The minimum atomic E-state index is -1.09. The molecule has 0 bridgehead atoms. The Morgan fingerprint density at radius 1 is 0.525 bits per heavy atom. The van der Waals surface area contributed by atoms with E-state index in [0.717, 1.165) is 28.5 Å². The lowest BCUT2D eigenvalue weighted by atomic mass is 10.0. The Balaban J connectivity index is 1.53. The van der Waals surface area contributed by atoms with E-state index in [-0.39, 0.29) is 26.4 Å². The van der Waals surface area contributed by atoms with Crippen molar-refractivity contribution >= 4 is 6.29 Å². The molecule has 6 heteroatoms. The van der Waals surface area contributed by atoms with Gasteiger partial charge in [0.1, 0.15) is 24.4 Å². The van der Waals surface area contributed by atoms with Crippen LogP contribution in [0, 0.1) is 0 Å². The summed E-state index contributed by atoms with van der Waals surface area (Å²) in [6.45, 7) is 0.968. The van der Waals surface area contributed by atoms with Crippen molar-refractivity contribution in [3.63, 3.8) is 0 Å². The molecule has 0 aromatic heterocycles. The van der Waals surface area contributed by atoms with E-state index in [9.17, 15) is 9.90 Å². The van der Waals surface area contributed by atoms with Crippen LogP contribution in [-0.4, -0.2) is 42.4 Å². The van der Waals surface area contributed by atoms with Crippen molar-refractivity contribution in [2.24, 2.45) is 0 Å². The largest absolute Gasteiger partial charge is 0.388 e. The number of ether oxygens (including phenoxy) is 4. The maximum Gasteiger partial charge on any atom is 0.151 e. The lowest BCUT2D eigenvalue weighted by molar-refractivity contribution is -0.185. The molecule has 208 valence electrons. The van der Waals surface area contributed by atoms with Gasteiger partial charge in [0, 0.05) is 0 Å². The van der Waals surface area contributed by atoms with E-state index in [1.54, 1.807) is 0 Å². The first-order valence-electron chi connectivity index (χ1n) is 13.4. The van der Waals surface area contributed by atoms with Crippen molar-refractivity contribution in [2.75, 3.05) is 6.61 Å². The summed E-state index contributed by atoms with van der Waals surface area (Å²) >= 11 is 0. The molecule has 4 aromatic carbocycles. The Morgan fingerprint density at radius 2 is 0.900 bits per heavy atom. The molecule has 0 aliphatic heterocycles. The molecule has 4 aromatic rings. The summed E-state index contributed by atoms with van der Waals surface area (Å²) in [6, 6.07) is 38.7. The quantitative estimate of drug-likeness (QED) is 0.178. The molecule has 40 heavy (non-hydrogen) atoms. The van der Waals surface area contributed by atoms with E-state index in [2.05, 4.69) is 0 Å².